The Balaban J connectivity index is 1.65. The Labute approximate surface area is 273 Å². The Morgan fingerprint density at radius 1 is 1.12 bits per heavy atom. The van der Waals surface area contributed by atoms with Gasteiger partial charge in [-0.2, -0.15) is 0 Å². The van der Waals surface area contributed by atoms with Crippen LogP contribution in [0.1, 0.15) is 62.3 Å². The van der Waals surface area contributed by atoms with Crippen LogP contribution in [0.25, 0.3) is 22.3 Å². The summed E-state index contributed by atoms with van der Waals surface area (Å²) < 4.78 is 16.0. The molecule has 0 fully saturated rings. The summed E-state index contributed by atoms with van der Waals surface area (Å²) in [6, 6.07) is 5.28. The number of aromatic nitrogens is 2. The zero-order valence-electron chi connectivity index (χ0n) is 26.8. The molecule has 2 atom stereocenters. The first-order valence-corrected chi connectivity index (χ1v) is 15.1. The smallest absolute Gasteiger partial charge is 0.409 e. The number of carbonyl (C=O) groups is 6. The predicted octanol–water partition coefficient (Wildman–Crippen LogP) is 1.01. The normalized spacial score (nSPS) is 15.9. The quantitative estimate of drug-likeness (QED) is 0.171. The van der Waals surface area contributed by atoms with Gasteiger partial charge < -0.3 is 41.3 Å². The monoisotopic (exact) mass is 664 g/mol. The Hall–Kier alpha value is -5.80. The minimum atomic E-state index is -2.01. The lowest BCUT2D eigenvalue weighted by Crippen LogP contribution is -2.48. The van der Waals surface area contributed by atoms with E-state index in [1.165, 1.54) is 19.1 Å². The second-order valence-corrected chi connectivity index (χ2v) is 11.1. The fourth-order valence-electron chi connectivity index (χ4n) is 5.68. The molecule has 1 aromatic carbocycles. The van der Waals surface area contributed by atoms with Gasteiger partial charge in [-0.3, -0.25) is 24.0 Å². The standard InChI is InChI=1S/C32H36N6O10/c1-5-18-15(3)27(37-22-8-7-17(11-19(18)22)47-31(34)45)24-12-21-20(29(43)38-24)14-46-30(44)32(21,6-2)48-26(41)13-35-25(40)10-9-23(28(33)42)36-16(4)39/h7-8,11-12,23H,5-6,9-10,13-14H2,1-4H3,(H2,33,42)(H2,34,45)(H,35,40)(H,36,39)(H,38,43)/t23-,32-/m0/s1. The lowest BCUT2D eigenvalue weighted by atomic mass is 9.85. The summed E-state index contributed by atoms with van der Waals surface area (Å²) in [5.41, 5.74) is 10.8. The van der Waals surface area contributed by atoms with Gasteiger partial charge in [0, 0.05) is 24.3 Å². The molecule has 1 aliphatic heterocycles. The third-order valence-corrected chi connectivity index (χ3v) is 8.01. The van der Waals surface area contributed by atoms with E-state index in [9.17, 15) is 33.6 Å². The molecular formula is C32H36N6O10. The van der Waals surface area contributed by atoms with E-state index in [1.54, 1.807) is 19.1 Å². The van der Waals surface area contributed by atoms with Gasteiger partial charge in [-0.25, -0.2) is 14.6 Å². The number of ether oxygens (including phenoxy) is 3. The highest BCUT2D eigenvalue weighted by Gasteiger charge is 2.49. The minimum absolute atomic E-state index is 0.0786. The summed E-state index contributed by atoms with van der Waals surface area (Å²) in [7, 11) is 0. The van der Waals surface area contributed by atoms with Crippen LogP contribution in [0.2, 0.25) is 0 Å². The first-order valence-electron chi connectivity index (χ1n) is 15.1. The maximum Gasteiger partial charge on any atom is 0.409 e. The maximum absolute atomic E-state index is 13.4. The fraction of sp³-hybridized carbons (Fsp3) is 0.375. The molecule has 0 radical (unpaired) electrons. The first kappa shape index (κ1) is 35.1. The number of primary amides is 2. The van der Waals surface area contributed by atoms with Crippen LogP contribution in [-0.2, 0) is 52.1 Å². The number of aromatic amines is 1. The zero-order chi connectivity index (χ0) is 35.3. The van der Waals surface area contributed by atoms with E-state index in [4.69, 9.17) is 30.7 Å². The van der Waals surface area contributed by atoms with Crippen molar-refractivity contribution in [1.82, 2.24) is 20.6 Å². The topological polar surface area (TPSA) is 252 Å². The summed E-state index contributed by atoms with van der Waals surface area (Å²) in [6.45, 7) is 5.51. The third-order valence-electron chi connectivity index (χ3n) is 8.01. The maximum atomic E-state index is 13.4. The largest absolute Gasteiger partial charge is 0.457 e. The predicted molar refractivity (Wildman–Crippen MR) is 169 cm³/mol. The van der Waals surface area contributed by atoms with Crippen molar-refractivity contribution in [3.05, 3.63) is 56.9 Å². The molecule has 254 valence electrons. The number of carbonyl (C=O) groups excluding carboxylic acids is 6. The Morgan fingerprint density at radius 2 is 1.85 bits per heavy atom. The van der Waals surface area contributed by atoms with Crippen molar-refractivity contribution in [2.75, 3.05) is 6.54 Å². The van der Waals surface area contributed by atoms with Crippen LogP contribution < -0.4 is 32.4 Å². The average molecular weight is 665 g/mol. The molecule has 0 spiro atoms. The van der Waals surface area contributed by atoms with Gasteiger partial charge in [0.15, 0.2) is 0 Å². The van der Waals surface area contributed by atoms with Gasteiger partial charge in [0.05, 0.1) is 22.5 Å². The second kappa shape index (κ2) is 14.3. The van der Waals surface area contributed by atoms with Crippen molar-refractivity contribution in [3.8, 4) is 17.1 Å². The van der Waals surface area contributed by atoms with Crippen LogP contribution >= 0.6 is 0 Å². The highest BCUT2D eigenvalue weighted by molar-refractivity contribution is 5.91. The van der Waals surface area contributed by atoms with Crippen molar-refractivity contribution in [2.24, 2.45) is 11.5 Å². The summed E-state index contributed by atoms with van der Waals surface area (Å²) in [5.74, 6) is -3.62. The van der Waals surface area contributed by atoms with Crippen molar-refractivity contribution in [2.45, 2.75) is 71.6 Å². The Kier molecular flexibility index (Phi) is 10.5. The van der Waals surface area contributed by atoms with E-state index in [1.807, 2.05) is 13.8 Å². The van der Waals surface area contributed by atoms with Gasteiger partial charge >= 0.3 is 18.0 Å². The molecule has 0 unspecified atom stereocenters. The molecule has 4 amide bonds. The number of nitrogens with one attached hydrogen (secondary N) is 3. The number of amides is 4. The molecule has 3 aromatic rings. The number of rotatable bonds is 12. The van der Waals surface area contributed by atoms with Gasteiger partial charge in [-0.1, -0.05) is 13.8 Å². The number of hydrogen-bond donors (Lipinski definition) is 5. The first-order chi connectivity index (χ1) is 22.7. The van der Waals surface area contributed by atoms with Gasteiger partial charge in [-0.05, 0) is 61.6 Å². The van der Waals surface area contributed by atoms with Gasteiger partial charge in [-0.15, -0.1) is 0 Å². The zero-order valence-corrected chi connectivity index (χ0v) is 26.8. The SMILES string of the molecule is CCc1c(C)c(-c2cc3c(c(=O)[nH]2)COC(=O)[C@@]3(CC)OC(=O)CNC(=O)CC[C@H](NC(C)=O)C(N)=O)nc2ccc(OC(N)=O)cc12. The molecule has 4 rings (SSSR count). The number of pyridine rings is 2. The number of nitrogens with two attached hydrogens (primary N) is 2. The van der Waals surface area contributed by atoms with E-state index >= 15 is 0 Å². The molecule has 16 nitrogen and oxygen atoms in total. The number of esters is 2. The molecule has 0 saturated heterocycles. The number of cyclic esters (lactones) is 1. The molecule has 3 heterocycles. The molecule has 48 heavy (non-hydrogen) atoms. The van der Waals surface area contributed by atoms with Gasteiger partial charge in [0.1, 0.15) is 24.9 Å². The number of fused-ring (bicyclic) bond motifs is 2. The van der Waals surface area contributed by atoms with E-state index < -0.39 is 59.5 Å². The molecule has 1 aliphatic rings. The van der Waals surface area contributed by atoms with Crippen LogP contribution in [0.3, 0.4) is 0 Å². The highest BCUT2D eigenvalue weighted by atomic mass is 16.6. The van der Waals surface area contributed by atoms with Crippen LogP contribution in [0, 0.1) is 6.92 Å². The number of H-pyrrole nitrogens is 1. The number of hydrogen-bond acceptors (Lipinski definition) is 11. The van der Waals surface area contributed by atoms with E-state index in [0.717, 1.165) is 5.56 Å². The van der Waals surface area contributed by atoms with E-state index in [2.05, 4.69) is 15.6 Å². The number of nitrogens with zero attached hydrogens (tertiary/aromatic N) is 1. The van der Waals surface area contributed by atoms with Crippen molar-refractivity contribution < 1.29 is 43.0 Å². The Morgan fingerprint density at radius 3 is 2.48 bits per heavy atom. The molecular weight excluding hydrogens is 628 g/mol. The molecule has 0 aliphatic carbocycles. The minimum Gasteiger partial charge on any atom is -0.457 e. The highest BCUT2D eigenvalue weighted by Crippen LogP contribution is 2.39. The van der Waals surface area contributed by atoms with Crippen molar-refractivity contribution in [3.63, 3.8) is 0 Å². The summed E-state index contributed by atoms with van der Waals surface area (Å²) in [6.07, 6.45) is -0.868. The van der Waals surface area contributed by atoms with E-state index in [-0.39, 0.29) is 48.4 Å². The lowest BCUT2D eigenvalue weighted by molar-refractivity contribution is -0.189. The van der Waals surface area contributed by atoms with Crippen molar-refractivity contribution in [1.29, 1.82) is 0 Å². The summed E-state index contributed by atoms with van der Waals surface area (Å²) >= 11 is 0. The molecule has 2 aromatic heterocycles. The summed E-state index contributed by atoms with van der Waals surface area (Å²) in [4.78, 5) is 93.8. The second-order valence-electron chi connectivity index (χ2n) is 11.1. The van der Waals surface area contributed by atoms with Crippen LogP contribution in [0.5, 0.6) is 5.75 Å². The van der Waals surface area contributed by atoms with Gasteiger partial charge in [0.25, 0.3) is 5.56 Å². The lowest BCUT2D eigenvalue weighted by Gasteiger charge is -2.35. The molecule has 7 N–H and O–H groups in total. The van der Waals surface area contributed by atoms with Crippen LogP contribution in [-0.4, -0.2) is 58.3 Å². The summed E-state index contributed by atoms with van der Waals surface area (Å²) in [5, 5.41) is 5.40. The fourth-order valence-corrected chi connectivity index (χ4v) is 5.68. The number of benzene rings is 1. The molecule has 0 saturated carbocycles. The third kappa shape index (κ3) is 7.27. The average Bonchev–Trinajstić information content (AvgIpc) is 3.02. The van der Waals surface area contributed by atoms with Crippen molar-refractivity contribution >= 4 is 46.7 Å². The Bertz CT molecular complexity index is 1890. The van der Waals surface area contributed by atoms with Crippen LogP contribution in [0.4, 0.5) is 4.79 Å². The number of aryl methyl sites for hydroxylation is 1. The molecule has 16 heteroatoms. The van der Waals surface area contributed by atoms with Crippen LogP contribution in [0.15, 0.2) is 29.1 Å². The van der Waals surface area contributed by atoms with Gasteiger partial charge in [0.2, 0.25) is 23.3 Å². The van der Waals surface area contributed by atoms with E-state index in [0.29, 0.717) is 28.6 Å². The molecule has 0 bridgehead atoms.